The predicted octanol–water partition coefficient (Wildman–Crippen LogP) is 1.67. The summed E-state index contributed by atoms with van der Waals surface area (Å²) in [6.45, 7) is 5.73. The molecule has 10 heteroatoms. The quantitative estimate of drug-likeness (QED) is 0.550. The normalized spacial score (nSPS) is 15.5. The van der Waals surface area contributed by atoms with E-state index in [-0.39, 0.29) is 54.6 Å². The third-order valence-corrected chi connectivity index (χ3v) is 7.18. The van der Waals surface area contributed by atoms with Crippen molar-refractivity contribution in [3.63, 3.8) is 0 Å². The van der Waals surface area contributed by atoms with Crippen molar-refractivity contribution in [1.82, 2.24) is 9.21 Å². The molecule has 0 aliphatic carbocycles. The highest BCUT2D eigenvalue weighted by Crippen LogP contribution is 2.27. The molecule has 172 valence electrons. The lowest BCUT2D eigenvalue weighted by Crippen LogP contribution is -2.48. The van der Waals surface area contributed by atoms with Crippen molar-refractivity contribution in [1.29, 1.82) is 0 Å². The second-order valence-electron chi connectivity index (χ2n) is 7.53. The van der Waals surface area contributed by atoms with Crippen LogP contribution < -0.4 is 0 Å². The zero-order valence-electron chi connectivity index (χ0n) is 18.4. The number of amides is 1. The first-order chi connectivity index (χ1) is 14.6. The first kappa shape index (κ1) is 24.8. The number of carbonyl (C=O) groups is 3. The van der Waals surface area contributed by atoms with E-state index in [1.165, 1.54) is 28.4 Å². The van der Waals surface area contributed by atoms with Gasteiger partial charge in [-0.2, -0.15) is 4.31 Å². The van der Waals surface area contributed by atoms with Crippen LogP contribution in [0.25, 0.3) is 0 Å². The third kappa shape index (κ3) is 5.82. The number of sulfonamides is 1. The summed E-state index contributed by atoms with van der Waals surface area (Å²) in [4.78, 5) is 38.2. The maximum Gasteiger partial charge on any atom is 0.339 e. The van der Waals surface area contributed by atoms with E-state index in [9.17, 15) is 22.8 Å². The minimum Gasteiger partial charge on any atom is -0.465 e. The Morgan fingerprint density at radius 2 is 1.77 bits per heavy atom. The molecule has 1 aromatic carbocycles. The molecule has 31 heavy (non-hydrogen) atoms. The second-order valence-corrected chi connectivity index (χ2v) is 9.44. The van der Waals surface area contributed by atoms with E-state index in [1.807, 2.05) is 13.8 Å². The highest BCUT2D eigenvalue weighted by molar-refractivity contribution is 7.89. The van der Waals surface area contributed by atoms with Crippen LogP contribution in [-0.2, 0) is 29.1 Å². The van der Waals surface area contributed by atoms with E-state index in [4.69, 9.17) is 9.47 Å². The Bertz CT molecular complexity index is 906. The molecule has 0 unspecified atom stereocenters. The molecule has 1 fully saturated rings. The van der Waals surface area contributed by atoms with Crippen molar-refractivity contribution in [3.05, 3.63) is 29.8 Å². The summed E-state index contributed by atoms with van der Waals surface area (Å²) in [5.41, 5.74) is -0.0244. The van der Waals surface area contributed by atoms with Gasteiger partial charge >= 0.3 is 11.9 Å². The van der Waals surface area contributed by atoms with E-state index in [2.05, 4.69) is 0 Å². The molecular weight excluding hydrogens is 424 g/mol. The molecule has 1 heterocycles. The Balaban J connectivity index is 2.12. The lowest BCUT2D eigenvalue weighted by atomic mass is 9.96. The molecular formula is C21H30N2O7S. The summed E-state index contributed by atoms with van der Waals surface area (Å²) in [7, 11) is -2.73. The van der Waals surface area contributed by atoms with Crippen LogP contribution in [0.15, 0.2) is 29.2 Å². The highest BCUT2D eigenvalue weighted by Gasteiger charge is 2.36. The number of esters is 2. The fourth-order valence-corrected chi connectivity index (χ4v) is 5.20. The number of carbonyl (C=O) groups excluding carboxylic acids is 3. The number of hydrogen-bond donors (Lipinski definition) is 0. The average Bonchev–Trinajstić information content (AvgIpc) is 2.76. The monoisotopic (exact) mass is 454 g/mol. The molecule has 0 saturated carbocycles. The van der Waals surface area contributed by atoms with E-state index >= 15 is 0 Å². The molecule has 1 saturated heterocycles. The van der Waals surface area contributed by atoms with Crippen LogP contribution in [0, 0.1) is 5.92 Å². The Labute approximate surface area is 183 Å². The maximum atomic E-state index is 13.1. The second kappa shape index (κ2) is 10.7. The van der Waals surface area contributed by atoms with Crippen molar-refractivity contribution < 1.29 is 32.3 Å². The van der Waals surface area contributed by atoms with Crippen LogP contribution in [0.4, 0.5) is 0 Å². The molecule has 0 atom stereocenters. The van der Waals surface area contributed by atoms with Gasteiger partial charge in [-0.25, -0.2) is 13.2 Å². The largest absolute Gasteiger partial charge is 0.465 e. The number of hydrogen-bond acceptors (Lipinski definition) is 7. The third-order valence-electron chi connectivity index (χ3n) is 5.22. The zero-order valence-corrected chi connectivity index (χ0v) is 19.2. The Hall–Kier alpha value is -2.46. The van der Waals surface area contributed by atoms with Crippen molar-refractivity contribution in [3.8, 4) is 0 Å². The lowest BCUT2D eigenvalue weighted by Gasteiger charge is -2.35. The van der Waals surface area contributed by atoms with Gasteiger partial charge in [0, 0.05) is 25.0 Å². The molecule has 1 amide bonds. The van der Waals surface area contributed by atoms with E-state index < -0.39 is 22.0 Å². The number of methoxy groups -OCH3 is 1. The first-order valence-corrected chi connectivity index (χ1v) is 11.7. The van der Waals surface area contributed by atoms with E-state index in [0.29, 0.717) is 12.8 Å². The van der Waals surface area contributed by atoms with Crippen molar-refractivity contribution in [2.24, 2.45) is 5.92 Å². The van der Waals surface area contributed by atoms with Crippen LogP contribution in [-0.4, -0.2) is 74.9 Å². The molecule has 1 aliphatic heterocycles. The molecule has 0 aromatic heterocycles. The van der Waals surface area contributed by atoms with Gasteiger partial charge in [-0.1, -0.05) is 12.1 Å². The summed E-state index contributed by atoms with van der Waals surface area (Å²) in [5.74, 6) is -1.77. The Morgan fingerprint density at radius 1 is 1.16 bits per heavy atom. The van der Waals surface area contributed by atoms with Crippen molar-refractivity contribution in [2.45, 2.75) is 44.6 Å². The standard InChI is InChI=1S/C21H30N2O7S/c1-5-30-19(24)14-23(15(2)3)20(25)16-10-12-22(13-11-16)31(27,28)18-9-7-6-8-17(18)21(26)29-4/h6-9,15-16H,5,10-14H2,1-4H3. The predicted molar refractivity (Wildman–Crippen MR) is 113 cm³/mol. The number of rotatable bonds is 8. The number of nitrogens with zero attached hydrogens (tertiary/aromatic N) is 2. The SMILES string of the molecule is CCOC(=O)CN(C(=O)C1CCN(S(=O)(=O)c2ccccc2C(=O)OC)CC1)C(C)C. The van der Waals surface area contributed by atoms with Gasteiger partial charge in [0.1, 0.15) is 6.54 Å². The molecule has 1 aromatic rings. The van der Waals surface area contributed by atoms with Crippen molar-refractivity contribution in [2.75, 3.05) is 33.4 Å². The first-order valence-electron chi connectivity index (χ1n) is 10.3. The minimum atomic E-state index is -3.93. The lowest BCUT2D eigenvalue weighted by molar-refractivity contribution is -0.152. The van der Waals surface area contributed by atoms with Gasteiger partial charge in [0.2, 0.25) is 15.9 Å². The maximum absolute atomic E-state index is 13.1. The van der Waals surface area contributed by atoms with Crippen LogP contribution in [0.1, 0.15) is 44.0 Å². The number of piperidine rings is 1. The molecule has 1 aliphatic rings. The smallest absolute Gasteiger partial charge is 0.339 e. The summed E-state index contributed by atoms with van der Waals surface area (Å²) in [6, 6.07) is 5.71. The van der Waals surface area contributed by atoms with E-state index in [1.54, 1.807) is 19.1 Å². The van der Waals surface area contributed by atoms with Crippen LogP contribution >= 0.6 is 0 Å². The number of benzene rings is 1. The molecule has 9 nitrogen and oxygen atoms in total. The molecule has 0 bridgehead atoms. The summed E-state index contributed by atoms with van der Waals surface area (Å²) >= 11 is 0. The molecule has 2 rings (SSSR count). The minimum absolute atomic E-state index is 0.0244. The zero-order chi connectivity index (χ0) is 23.2. The fourth-order valence-electron chi connectivity index (χ4n) is 3.55. The summed E-state index contributed by atoms with van der Waals surface area (Å²) < 4.78 is 37.2. The van der Waals surface area contributed by atoms with Crippen molar-refractivity contribution >= 4 is 27.9 Å². The summed E-state index contributed by atoms with van der Waals surface area (Å²) in [6.07, 6.45) is 0.648. The Morgan fingerprint density at radius 3 is 2.32 bits per heavy atom. The van der Waals surface area contributed by atoms with Gasteiger partial charge in [0.05, 0.1) is 24.2 Å². The van der Waals surface area contributed by atoms with Gasteiger partial charge in [-0.05, 0) is 45.7 Å². The molecule has 0 N–H and O–H groups in total. The van der Waals surface area contributed by atoms with Gasteiger partial charge < -0.3 is 14.4 Å². The molecule has 0 radical (unpaired) electrons. The Kier molecular flexibility index (Phi) is 8.58. The summed E-state index contributed by atoms with van der Waals surface area (Å²) in [5, 5.41) is 0. The van der Waals surface area contributed by atoms with Gasteiger partial charge in [-0.3, -0.25) is 9.59 Å². The molecule has 0 spiro atoms. The van der Waals surface area contributed by atoms with Gasteiger partial charge in [0.15, 0.2) is 0 Å². The fraction of sp³-hybridized carbons (Fsp3) is 0.571. The van der Waals surface area contributed by atoms with E-state index in [0.717, 1.165) is 0 Å². The van der Waals surface area contributed by atoms with Crippen LogP contribution in [0.2, 0.25) is 0 Å². The average molecular weight is 455 g/mol. The van der Waals surface area contributed by atoms with Crippen LogP contribution in [0.3, 0.4) is 0 Å². The van der Waals surface area contributed by atoms with Gasteiger partial charge in [-0.15, -0.1) is 0 Å². The van der Waals surface area contributed by atoms with Crippen LogP contribution in [0.5, 0.6) is 0 Å². The highest BCUT2D eigenvalue weighted by atomic mass is 32.2. The van der Waals surface area contributed by atoms with Gasteiger partial charge in [0.25, 0.3) is 0 Å². The topological polar surface area (TPSA) is 110 Å². The number of ether oxygens (including phenoxy) is 2.